The van der Waals surface area contributed by atoms with Crippen LogP contribution in [0.3, 0.4) is 0 Å². The monoisotopic (exact) mass is 270 g/mol. The summed E-state index contributed by atoms with van der Waals surface area (Å²) in [6, 6.07) is 10.1. The van der Waals surface area contributed by atoms with Crippen LogP contribution in [0.5, 0.6) is 0 Å². The van der Waals surface area contributed by atoms with Crippen LogP contribution >= 0.6 is 0 Å². The van der Waals surface area contributed by atoms with Gasteiger partial charge in [-0.1, -0.05) is 30.3 Å². The lowest BCUT2D eigenvalue weighted by Crippen LogP contribution is -2.35. The minimum atomic E-state index is -2.91. The molecule has 0 bridgehead atoms. The van der Waals surface area contributed by atoms with Gasteiger partial charge in [0.1, 0.15) is 6.61 Å². The molecule has 1 saturated heterocycles. The van der Waals surface area contributed by atoms with Crippen LogP contribution in [-0.4, -0.2) is 43.2 Å². The number of likely N-dealkylation sites (tertiary alicyclic amines) is 1. The van der Waals surface area contributed by atoms with Gasteiger partial charge in [-0.15, -0.1) is 0 Å². The minimum absolute atomic E-state index is 0.110. The van der Waals surface area contributed by atoms with Crippen LogP contribution in [0.25, 0.3) is 0 Å². The fraction of sp³-hybridized carbons (Fsp3) is 0.571. The molecule has 0 aliphatic carbocycles. The zero-order chi connectivity index (χ0) is 13.7. The van der Waals surface area contributed by atoms with Gasteiger partial charge in [0.05, 0.1) is 12.6 Å². The average molecular weight is 270 g/mol. The summed E-state index contributed by atoms with van der Waals surface area (Å²) in [4.78, 5) is 2.22. The maximum Gasteiger partial charge on any atom is 0.282 e. The Bertz CT molecular complexity index is 386. The molecule has 1 unspecified atom stereocenters. The van der Waals surface area contributed by atoms with E-state index >= 15 is 0 Å². The molecule has 1 atom stereocenters. The maximum absolute atomic E-state index is 13.0. The van der Waals surface area contributed by atoms with Crippen LogP contribution in [0.1, 0.15) is 12.0 Å². The fourth-order valence-corrected chi connectivity index (χ4v) is 2.22. The molecule has 1 aliphatic rings. The summed E-state index contributed by atoms with van der Waals surface area (Å²) in [7, 11) is 0. The second kappa shape index (κ2) is 6.41. The largest absolute Gasteiger partial charge is 0.371 e. The number of hydrogen-bond donors (Lipinski definition) is 1. The fourth-order valence-electron chi connectivity index (χ4n) is 2.22. The quantitative estimate of drug-likeness (QED) is 0.857. The smallest absolute Gasteiger partial charge is 0.282 e. The second-order valence-corrected chi connectivity index (χ2v) is 5.00. The van der Waals surface area contributed by atoms with E-state index in [-0.39, 0.29) is 6.10 Å². The third-order valence-corrected chi connectivity index (χ3v) is 3.31. The SMILES string of the molecule is NCC(F)(F)COC1CCN(Cc2ccccc2)C1. The predicted molar refractivity (Wildman–Crippen MR) is 70.1 cm³/mol. The molecular weight excluding hydrogens is 250 g/mol. The number of hydrogen-bond acceptors (Lipinski definition) is 3. The molecule has 0 aromatic heterocycles. The van der Waals surface area contributed by atoms with E-state index in [2.05, 4.69) is 17.0 Å². The molecule has 0 amide bonds. The van der Waals surface area contributed by atoms with Crippen molar-refractivity contribution in [3.05, 3.63) is 35.9 Å². The lowest BCUT2D eigenvalue weighted by atomic mass is 10.2. The van der Waals surface area contributed by atoms with E-state index in [1.165, 1.54) is 5.56 Å². The number of ether oxygens (including phenoxy) is 1. The van der Waals surface area contributed by atoms with Gasteiger partial charge in [-0.25, -0.2) is 8.78 Å². The molecule has 1 aromatic rings. The Labute approximate surface area is 112 Å². The molecule has 2 N–H and O–H groups in total. The van der Waals surface area contributed by atoms with Crippen molar-refractivity contribution in [1.82, 2.24) is 4.90 Å². The summed E-state index contributed by atoms with van der Waals surface area (Å²) in [6.45, 7) is 1.19. The van der Waals surface area contributed by atoms with Crippen LogP contribution < -0.4 is 5.73 Å². The van der Waals surface area contributed by atoms with Gasteiger partial charge in [0, 0.05) is 19.6 Å². The molecular formula is C14H20F2N2O. The lowest BCUT2D eigenvalue weighted by molar-refractivity contribution is -0.0901. The maximum atomic E-state index is 13.0. The molecule has 5 heteroatoms. The number of nitrogens with zero attached hydrogens (tertiary/aromatic N) is 1. The Kier molecular flexibility index (Phi) is 4.85. The molecule has 1 heterocycles. The van der Waals surface area contributed by atoms with Crippen LogP contribution in [0.2, 0.25) is 0 Å². The van der Waals surface area contributed by atoms with Gasteiger partial charge in [-0.3, -0.25) is 4.90 Å². The van der Waals surface area contributed by atoms with Gasteiger partial charge >= 0.3 is 0 Å². The molecule has 19 heavy (non-hydrogen) atoms. The van der Waals surface area contributed by atoms with Crippen LogP contribution in [0.15, 0.2) is 30.3 Å². The van der Waals surface area contributed by atoms with E-state index < -0.39 is 19.1 Å². The third kappa shape index (κ3) is 4.53. The number of alkyl halides is 2. The van der Waals surface area contributed by atoms with Gasteiger partial charge in [-0.2, -0.15) is 0 Å². The van der Waals surface area contributed by atoms with Crippen LogP contribution in [0.4, 0.5) is 8.78 Å². The number of benzene rings is 1. The molecule has 1 fully saturated rings. The molecule has 2 rings (SSSR count). The van der Waals surface area contributed by atoms with Crippen molar-refractivity contribution < 1.29 is 13.5 Å². The molecule has 1 aromatic carbocycles. The normalized spacial score (nSPS) is 20.9. The van der Waals surface area contributed by atoms with Crippen molar-refractivity contribution in [3.63, 3.8) is 0 Å². The summed E-state index contributed by atoms with van der Waals surface area (Å²) in [5.41, 5.74) is 6.21. The third-order valence-electron chi connectivity index (χ3n) is 3.31. The summed E-state index contributed by atoms with van der Waals surface area (Å²) >= 11 is 0. The first-order valence-electron chi connectivity index (χ1n) is 6.55. The van der Waals surface area contributed by atoms with Crippen molar-refractivity contribution in [2.75, 3.05) is 26.2 Å². The predicted octanol–water partition coefficient (Wildman–Crippen LogP) is 1.87. The van der Waals surface area contributed by atoms with Crippen LogP contribution in [0, 0.1) is 0 Å². The van der Waals surface area contributed by atoms with E-state index in [0.717, 1.165) is 19.5 Å². The topological polar surface area (TPSA) is 38.5 Å². The summed E-state index contributed by atoms with van der Waals surface area (Å²) < 4.78 is 31.2. The van der Waals surface area contributed by atoms with E-state index in [1.807, 2.05) is 18.2 Å². The van der Waals surface area contributed by atoms with E-state index in [1.54, 1.807) is 0 Å². The van der Waals surface area contributed by atoms with Gasteiger partial charge in [0.25, 0.3) is 5.92 Å². The van der Waals surface area contributed by atoms with Gasteiger partial charge in [-0.05, 0) is 12.0 Å². The Balaban J connectivity index is 1.74. The van der Waals surface area contributed by atoms with Crippen molar-refractivity contribution >= 4 is 0 Å². The Morgan fingerprint density at radius 1 is 1.32 bits per heavy atom. The highest BCUT2D eigenvalue weighted by Crippen LogP contribution is 2.19. The molecule has 0 saturated carbocycles. The van der Waals surface area contributed by atoms with Gasteiger partial charge in [0.15, 0.2) is 0 Å². The van der Waals surface area contributed by atoms with Crippen LogP contribution in [-0.2, 0) is 11.3 Å². The van der Waals surface area contributed by atoms with Gasteiger partial charge in [0.2, 0.25) is 0 Å². The Morgan fingerprint density at radius 3 is 2.74 bits per heavy atom. The standard InChI is InChI=1S/C14H20F2N2O/c15-14(16,10-17)11-19-13-6-7-18(9-13)8-12-4-2-1-3-5-12/h1-5,13H,6-11,17H2. The highest BCUT2D eigenvalue weighted by atomic mass is 19.3. The first kappa shape index (κ1) is 14.4. The first-order valence-corrected chi connectivity index (χ1v) is 6.55. The van der Waals surface area contributed by atoms with Gasteiger partial charge < -0.3 is 10.5 Å². The Morgan fingerprint density at radius 2 is 2.05 bits per heavy atom. The summed E-state index contributed by atoms with van der Waals surface area (Å²) in [5.74, 6) is -2.91. The number of halogens is 2. The zero-order valence-electron chi connectivity index (χ0n) is 10.9. The van der Waals surface area contributed by atoms with E-state index in [0.29, 0.717) is 6.54 Å². The zero-order valence-corrected chi connectivity index (χ0v) is 10.9. The average Bonchev–Trinajstić information content (AvgIpc) is 2.86. The van der Waals surface area contributed by atoms with Crippen molar-refractivity contribution in [1.29, 1.82) is 0 Å². The minimum Gasteiger partial charge on any atom is -0.371 e. The number of rotatable bonds is 6. The summed E-state index contributed by atoms with van der Waals surface area (Å²) in [6.07, 6.45) is 0.689. The molecule has 0 spiro atoms. The highest BCUT2D eigenvalue weighted by molar-refractivity contribution is 5.14. The van der Waals surface area contributed by atoms with E-state index in [4.69, 9.17) is 10.5 Å². The second-order valence-electron chi connectivity index (χ2n) is 5.00. The van der Waals surface area contributed by atoms with Crippen molar-refractivity contribution in [2.24, 2.45) is 5.73 Å². The Hall–Kier alpha value is -1.04. The number of nitrogens with two attached hydrogens (primary N) is 1. The highest BCUT2D eigenvalue weighted by Gasteiger charge is 2.31. The molecule has 1 aliphatic heterocycles. The van der Waals surface area contributed by atoms with E-state index in [9.17, 15) is 8.78 Å². The van der Waals surface area contributed by atoms with Crippen molar-refractivity contribution in [3.8, 4) is 0 Å². The van der Waals surface area contributed by atoms with Crippen molar-refractivity contribution in [2.45, 2.75) is 25.0 Å². The summed E-state index contributed by atoms with van der Waals surface area (Å²) in [5, 5.41) is 0. The molecule has 0 radical (unpaired) electrons. The molecule has 106 valence electrons. The molecule has 3 nitrogen and oxygen atoms in total. The lowest BCUT2D eigenvalue weighted by Gasteiger charge is -2.19. The first-order chi connectivity index (χ1) is 9.09.